The minimum atomic E-state index is -0.777. The van der Waals surface area contributed by atoms with Crippen LogP contribution in [0.25, 0.3) is 0 Å². The number of nitrogens with one attached hydrogen (secondary N) is 2. The molecule has 0 unspecified atom stereocenters. The number of allylic oxidation sites excluding steroid dienone is 1. The molecule has 1 aromatic carbocycles. The van der Waals surface area contributed by atoms with E-state index in [1.807, 2.05) is 4.90 Å². The zero-order chi connectivity index (χ0) is 19.4. The fourth-order valence-electron chi connectivity index (χ4n) is 2.97. The SMILES string of the molecule is CC1(CO/C(C(=O)Nc2cc(F)cc(F)c2)=C(/C=N)N2CC[NH2+]CC2)CC1. The van der Waals surface area contributed by atoms with Crippen LogP contribution in [0, 0.1) is 22.5 Å². The molecule has 2 fully saturated rings. The van der Waals surface area contributed by atoms with E-state index in [1.54, 1.807) is 0 Å². The Balaban J connectivity index is 1.85. The van der Waals surface area contributed by atoms with Crippen LogP contribution < -0.4 is 10.6 Å². The maximum absolute atomic E-state index is 13.4. The molecule has 1 aliphatic heterocycles. The molecule has 1 aliphatic carbocycles. The molecule has 1 amide bonds. The summed E-state index contributed by atoms with van der Waals surface area (Å²) < 4.78 is 32.7. The van der Waals surface area contributed by atoms with Crippen molar-refractivity contribution in [3.05, 3.63) is 41.3 Å². The second kappa shape index (κ2) is 8.04. The van der Waals surface area contributed by atoms with Crippen LogP contribution >= 0.6 is 0 Å². The van der Waals surface area contributed by atoms with Gasteiger partial charge in [-0.1, -0.05) is 6.92 Å². The quantitative estimate of drug-likeness (QED) is 0.381. The van der Waals surface area contributed by atoms with Gasteiger partial charge in [0.15, 0.2) is 0 Å². The molecule has 1 saturated heterocycles. The standard InChI is InChI=1S/C19H24F2N4O2/c1-19(2-3-19)12-27-17(16(11-22)25-6-4-23-5-7-25)18(26)24-15-9-13(20)8-14(21)10-15/h8-11,22-23H,2-7,12H2,1H3,(H,24,26)/p+1/b17-16-,22-11?. The summed E-state index contributed by atoms with van der Waals surface area (Å²) in [6.45, 7) is 5.54. The Hall–Kier alpha value is -2.48. The summed E-state index contributed by atoms with van der Waals surface area (Å²) in [6, 6.07) is 2.82. The predicted octanol–water partition coefficient (Wildman–Crippen LogP) is 1.46. The molecule has 0 aromatic heterocycles. The second-order valence-electron chi connectivity index (χ2n) is 7.42. The number of halogens is 2. The van der Waals surface area contributed by atoms with Crippen LogP contribution in [-0.2, 0) is 9.53 Å². The number of nitrogens with two attached hydrogens (primary N) is 1. The van der Waals surface area contributed by atoms with Crippen molar-refractivity contribution in [2.45, 2.75) is 19.8 Å². The number of piperazine rings is 1. The van der Waals surface area contributed by atoms with Gasteiger partial charge in [0.2, 0.25) is 5.76 Å². The lowest BCUT2D eigenvalue weighted by Crippen LogP contribution is -2.89. The van der Waals surface area contributed by atoms with Crippen molar-refractivity contribution in [2.24, 2.45) is 5.41 Å². The number of nitrogens with zero attached hydrogens (tertiary/aromatic N) is 1. The number of amides is 1. The molecular formula is C19H25F2N4O2+. The zero-order valence-electron chi connectivity index (χ0n) is 15.4. The van der Waals surface area contributed by atoms with E-state index >= 15 is 0 Å². The van der Waals surface area contributed by atoms with Crippen LogP contribution in [0.1, 0.15) is 19.8 Å². The van der Waals surface area contributed by atoms with Gasteiger partial charge < -0.3 is 25.7 Å². The van der Waals surface area contributed by atoms with Crippen LogP contribution in [0.2, 0.25) is 0 Å². The monoisotopic (exact) mass is 379 g/mol. The van der Waals surface area contributed by atoms with Gasteiger partial charge in [0, 0.05) is 23.4 Å². The number of carbonyl (C=O) groups is 1. The minimum absolute atomic E-state index is 0.00698. The van der Waals surface area contributed by atoms with Crippen molar-refractivity contribution in [3.63, 3.8) is 0 Å². The van der Waals surface area contributed by atoms with Crippen LogP contribution in [0.3, 0.4) is 0 Å². The molecule has 0 bridgehead atoms. The average molecular weight is 379 g/mol. The molecule has 3 rings (SSSR count). The van der Waals surface area contributed by atoms with Crippen LogP contribution in [0.5, 0.6) is 0 Å². The van der Waals surface area contributed by atoms with Crippen LogP contribution in [0.4, 0.5) is 14.5 Å². The molecule has 0 atom stereocenters. The summed E-state index contributed by atoms with van der Waals surface area (Å²) in [4.78, 5) is 14.8. The molecule has 8 heteroatoms. The van der Waals surface area contributed by atoms with Crippen molar-refractivity contribution in [1.29, 1.82) is 5.41 Å². The number of hydrogen-bond acceptors (Lipinski definition) is 4. The number of hydrogen-bond donors (Lipinski definition) is 3. The van der Waals surface area contributed by atoms with E-state index in [-0.39, 0.29) is 16.9 Å². The third-order valence-electron chi connectivity index (χ3n) is 4.91. The lowest BCUT2D eigenvalue weighted by atomic mass is 10.2. The molecule has 1 saturated carbocycles. The molecule has 0 radical (unpaired) electrons. The van der Waals surface area contributed by atoms with Crippen molar-refractivity contribution in [3.8, 4) is 0 Å². The number of rotatable bonds is 7. The highest BCUT2D eigenvalue weighted by Gasteiger charge is 2.39. The van der Waals surface area contributed by atoms with Crippen molar-refractivity contribution >= 4 is 17.8 Å². The fourth-order valence-corrected chi connectivity index (χ4v) is 2.97. The largest absolute Gasteiger partial charge is 0.486 e. The molecule has 146 valence electrons. The Kier molecular flexibility index (Phi) is 5.74. The Morgan fingerprint density at radius 1 is 1.30 bits per heavy atom. The first kappa shape index (κ1) is 19.3. The van der Waals surface area contributed by atoms with E-state index in [4.69, 9.17) is 10.1 Å². The summed E-state index contributed by atoms with van der Waals surface area (Å²) in [5.41, 5.74) is 0.438. The Morgan fingerprint density at radius 2 is 1.93 bits per heavy atom. The third kappa shape index (κ3) is 5.03. The first-order valence-electron chi connectivity index (χ1n) is 9.12. The van der Waals surface area contributed by atoms with Gasteiger partial charge in [-0.15, -0.1) is 0 Å². The fraction of sp³-hybridized carbons (Fsp3) is 0.474. The van der Waals surface area contributed by atoms with E-state index < -0.39 is 17.5 Å². The minimum Gasteiger partial charge on any atom is -0.486 e. The molecule has 0 spiro atoms. The van der Waals surface area contributed by atoms with Crippen LogP contribution in [-0.4, -0.2) is 49.8 Å². The van der Waals surface area contributed by atoms with E-state index in [0.717, 1.165) is 50.3 Å². The van der Waals surface area contributed by atoms with Gasteiger partial charge in [0.1, 0.15) is 17.3 Å². The summed E-state index contributed by atoms with van der Waals surface area (Å²) in [5, 5.41) is 12.5. The maximum atomic E-state index is 13.4. The molecule has 27 heavy (non-hydrogen) atoms. The summed E-state index contributed by atoms with van der Waals surface area (Å²) >= 11 is 0. The highest BCUT2D eigenvalue weighted by Crippen LogP contribution is 2.45. The Labute approximate surface area is 157 Å². The van der Waals surface area contributed by atoms with E-state index in [2.05, 4.69) is 17.6 Å². The van der Waals surface area contributed by atoms with Gasteiger partial charge in [-0.25, -0.2) is 8.78 Å². The molecule has 1 heterocycles. The first-order valence-corrected chi connectivity index (χ1v) is 9.12. The third-order valence-corrected chi connectivity index (χ3v) is 4.91. The average Bonchev–Trinajstić information content (AvgIpc) is 3.36. The second-order valence-corrected chi connectivity index (χ2v) is 7.42. The van der Waals surface area contributed by atoms with Crippen molar-refractivity contribution in [1.82, 2.24) is 4.90 Å². The Bertz CT molecular complexity index is 736. The zero-order valence-corrected chi connectivity index (χ0v) is 15.4. The van der Waals surface area contributed by atoms with Gasteiger partial charge in [-0.3, -0.25) is 4.79 Å². The topological polar surface area (TPSA) is 82.0 Å². The maximum Gasteiger partial charge on any atom is 0.293 e. The summed E-state index contributed by atoms with van der Waals surface area (Å²) in [5.74, 6) is -2.15. The number of ether oxygens (including phenoxy) is 1. The van der Waals surface area contributed by atoms with Crippen LogP contribution in [0.15, 0.2) is 29.7 Å². The lowest BCUT2D eigenvalue weighted by Gasteiger charge is -2.29. The van der Waals surface area contributed by atoms with Crippen molar-refractivity contribution < 1.29 is 23.6 Å². The van der Waals surface area contributed by atoms with Gasteiger partial charge >= 0.3 is 0 Å². The van der Waals surface area contributed by atoms with Gasteiger partial charge in [0.25, 0.3) is 5.91 Å². The summed E-state index contributed by atoms with van der Waals surface area (Å²) in [6.07, 6.45) is 3.16. The predicted molar refractivity (Wildman–Crippen MR) is 97.3 cm³/mol. The van der Waals surface area contributed by atoms with E-state index in [0.29, 0.717) is 25.4 Å². The summed E-state index contributed by atoms with van der Waals surface area (Å²) in [7, 11) is 0. The van der Waals surface area contributed by atoms with Gasteiger partial charge in [-0.2, -0.15) is 0 Å². The number of carbonyl (C=O) groups excluding carboxylic acids is 1. The molecule has 4 N–H and O–H groups in total. The molecule has 6 nitrogen and oxygen atoms in total. The van der Waals surface area contributed by atoms with Gasteiger partial charge in [0.05, 0.1) is 32.8 Å². The molecular weight excluding hydrogens is 354 g/mol. The number of quaternary nitrogens is 1. The smallest absolute Gasteiger partial charge is 0.293 e. The van der Waals surface area contributed by atoms with Gasteiger partial charge in [-0.05, 0) is 25.0 Å². The Morgan fingerprint density at radius 3 is 2.48 bits per heavy atom. The number of benzene rings is 1. The lowest BCUT2D eigenvalue weighted by molar-refractivity contribution is -0.662. The normalized spacial score (nSPS) is 19.1. The van der Waals surface area contributed by atoms with Crippen molar-refractivity contribution in [2.75, 3.05) is 38.1 Å². The molecule has 1 aromatic rings. The van der Waals surface area contributed by atoms with E-state index in [1.165, 1.54) is 0 Å². The number of anilines is 1. The van der Waals surface area contributed by atoms with E-state index in [9.17, 15) is 13.6 Å². The first-order chi connectivity index (χ1) is 12.9. The highest BCUT2D eigenvalue weighted by molar-refractivity contribution is 6.05. The highest BCUT2D eigenvalue weighted by atomic mass is 19.1. The molecule has 2 aliphatic rings.